The first-order valence-corrected chi connectivity index (χ1v) is 12.4. The molecule has 11 nitrogen and oxygen atoms in total. The van der Waals surface area contributed by atoms with Gasteiger partial charge in [0, 0.05) is 20.1 Å². The van der Waals surface area contributed by atoms with Crippen LogP contribution in [0.5, 0.6) is 0 Å². The molecule has 2 heterocycles. The van der Waals surface area contributed by atoms with Gasteiger partial charge in [-0.15, -0.1) is 0 Å². The minimum atomic E-state index is -0.688. The highest BCUT2D eigenvalue weighted by atomic mass is 16.6. The maximum atomic E-state index is 12.4. The summed E-state index contributed by atoms with van der Waals surface area (Å²) in [4.78, 5) is 47.0. The number of nitrogens with one attached hydrogen (secondary N) is 3. The summed E-state index contributed by atoms with van der Waals surface area (Å²) in [7, 11) is 3.36. The number of primary amides is 1. The molecule has 2 aromatic heterocycles. The predicted octanol–water partition coefficient (Wildman–Crippen LogP) is 3.58. The molecule has 11 heteroatoms. The molecule has 0 saturated heterocycles. The molecular weight excluding hydrogens is 474 g/mol. The second kappa shape index (κ2) is 11.4. The third-order valence-corrected chi connectivity index (χ3v) is 5.93. The van der Waals surface area contributed by atoms with Gasteiger partial charge in [0.05, 0.1) is 34.9 Å². The zero-order chi connectivity index (χ0) is 27.3. The SMILES string of the molecule is Cc1nc(Nc2cc(N[C@@H]3CCCC[C@@H]3NC(=O)OC(C)(C)C)cnc2C(N)=O)ccc1C(=O)N(C)C. The van der Waals surface area contributed by atoms with Crippen molar-refractivity contribution in [1.82, 2.24) is 20.2 Å². The first kappa shape index (κ1) is 27.7. The van der Waals surface area contributed by atoms with Crippen LogP contribution in [-0.2, 0) is 4.74 Å². The van der Waals surface area contributed by atoms with Gasteiger partial charge in [0.15, 0.2) is 5.69 Å². The van der Waals surface area contributed by atoms with Gasteiger partial charge >= 0.3 is 6.09 Å². The zero-order valence-electron chi connectivity index (χ0n) is 22.3. The number of alkyl carbamates (subject to hydrolysis) is 1. The average molecular weight is 512 g/mol. The Hall–Kier alpha value is -3.89. The third kappa shape index (κ3) is 7.55. The van der Waals surface area contributed by atoms with Crippen LogP contribution >= 0.6 is 0 Å². The minimum Gasteiger partial charge on any atom is -0.444 e. The second-order valence-corrected chi connectivity index (χ2v) is 10.4. The van der Waals surface area contributed by atoms with Crippen molar-refractivity contribution in [3.8, 4) is 0 Å². The van der Waals surface area contributed by atoms with E-state index < -0.39 is 17.6 Å². The highest BCUT2D eigenvalue weighted by Gasteiger charge is 2.29. The summed E-state index contributed by atoms with van der Waals surface area (Å²) in [6.07, 6.45) is 4.78. The van der Waals surface area contributed by atoms with Crippen molar-refractivity contribution in [1.29, 1.82) is 0 Å². The Labute approximate surface area is 217 Å². The van der Waals surface area contributed by atoms with Gasteiger partial charge in [0.2, 0.25) is 0 Å². The highest BCUT2D eigenvalue weighted by Crippen LogP contribution is 2.27. The van der Waals surface area contributed by atoms with Crippen LogP contribution in [0.4, 0.5) is 22.0 Å². The van der Waals surface area contributed by atoms with E-state index in [1.165, 1.54) is 4.90 Å². The molecule has 3 rings (SSSR count). The maximum Gasteiger partial charge on any atom is 0.407 e. The predicted molar refractivity (Wildman–Crippen MR) is 142 cm³/mol. The van der Waals surface area contributed by atoms with E-state index in [4.69, 9.17) is 10.5 Å². The van der Waals surface area contributed by atoms with Crippen molar-refractivity contribution in [3.63, 3.8) is 0 Å². The van der Waals surface area contributed by atoms with E-state index in [-0.39, 0.29) is 23.7 Å². The van der Waals surface area contributed by atoms with Crippen molar-refractivity contribution >= 4 is 35.1 Å². The number of aromatic nitrogens is 2. The molecular formula is C26H37N7O4. The molecule has 0 aromatic carbocycles. The first-order valence-electron chi connectivity index (χ1n) is 12.4. The van der Waals surface area contributed by atoms with Crippen molar-refractivity contribution in [2.24, 2.45) is 5.73 Å². The summed E-state index contributed by atoms with van der Waals surface area (Å²) < 4.78 is 5.43. The normalized spacial score (nSPS) is 17.5. The largest absolute Gasteiger partial charge is 0.444 e. The number of aryl methyl sites for hydroxylation is 1. The molecule has 0 radical (unpaired) electrons. The topological polar surface area (TPSA) is 152 Å². The van der Waals surface area contributed by atoms with Gasteiger partial charge in [-0.25, -0.2) is 14.8 Å². The summed E-state index contributed by atoms with van der Waals surface area (Å²) in [5, 5.41) is 9.54. The van der Waals surface area contributed by atoms with Crippen molar-refractivity contribution in [2.75, 3.05) is 24.7 Å². The Morgan fingerprint density at radius 1 is 1.11 bits per heavy atom. The smallest absolute Gasteiger partial charge is 0.407 e. The van der Waals surface area contributed by atoms with Crippen LogP contribution in [0.15, 0.2) is 24.4 Å². The molecule has 0 bridgehead atoms. The van der Waals surface area contributed by atoms with E-state index in [2.05, 4.69) is 25.9 Å². The van der Waals surface area contributed by atoms with Gasteiger partial charge in [0.1, 0.15) is 11.4 Å². The van der Waals surface area contributed by atoms with E-state index in [0.29, 0.717) is 28.5 Å². The van der Waals surface area contributed by atoms with E-state index in [9.17, 15) is 14.4 Å². The van der Waals surface area contributed by atoms with Crippen LogP contribution in [0.3, 0.4) is 0 Å². The Kier molecular flexibility index (Phi) is 8.57. The number of anilines is 3. The Morgan fingerprint density at radius 3 is 2.38 bits per heavy atom. The van der Waals surface area contributed by atoms with E-state index in [1.54, 1.807) is 45.4 Å². The Balaban J connectivity index is 1.80. The van der Waals surface area contributed by atoms with Crippen LogP contribution in [-0.4, -0.2) is 64.6 Å². The van der Waals surface area contributed by atoms with E-state index >= 15 is 0 Å². The van der Waals surface area contributed by atoms with Gasteiger partial charge in [-0.05, 0) is 58.7 Å². The molecule has 1 aliphatic rings. The fourth-order valence-electron chi connectivity index (χ4n) is 4.22. The maximum absolute atomic E-state index is 12.4. The molecule has 2 aromatic rings. The second-order valence-electron chi connectivity index (χ2n) is 10.4. The first-order chi connectivity index (χ1) is 17.3. The lowest BCUT2D eigenvalue weighted by molar-refractivity contribution is 0.0488. The average Bonchev–Trinajstić information content (AvgIpc) is 2.78. The van der Waals surface area contributed by atoms with E-state index in [1.807, 2.05) is 20.8 Å². The standard InChI is InChI=1S/C26H37N7O4/c1-15-17(24(35)33(5)6)11-12-21(29-15)31-20-13-16(14-28-22(20)23(27)34)30-18-9-7-8-10-19(18)32-25(36)37-26(2,3)4/h11-14,18-19,30H,7-10H2,1-6H3,(H2,27,34)(H,29,31)(H,32,36)/t18-,19+/m1/s1. The Bertz CT molecular complexity index is 1160. The number of nitrogens with zero attached hydrogens (tertiary/aromatic N) is 3. The summed E-state index contributed by atoms with van der Waals surface area (Å²) in [6, 6.07) is 4.91. The van der Waals surface area contributed by atoms with E-state index in [0.717, 1.165) is 25.7 Å². The molecule has 0 spiro atoms. The zero-order valence-corrected chi connectivity index (χ0v) is 22.3. The molecule has 1 fully saturated rings. The lowest BCUT2D eigenvalue weighted by Gasteiger charge is -2.34. The summed E-state index contributed by atoms with van der Waals surface area (Å²) in [5.41, 5.74) is 7.11. The van der Waals surface area contributed by atoms with Crippen molar-refractivity contribution in [2.45, 2.75) is 71.1 Å². The molecule has 0 aliphatic heterocycles. The van der Waals surface area contributed by atoms with Gasteiger partial charge in [-0.2, -0.15) is 0 Å². The number of carbonyl (C=O) groups is 3. The van der Waals surface area contributed by atoms with Gasteiger partial charge in [0.25, 0.3) is 11.8 Å². The summed E-state index contributed by atoms with van der Waals surface area (Å²) >= 11 is 0. The van der Waals surface area contributed by atoms with Gasteiger partial charge in [-0.1, -0.05) is 12.8 Å². The fraction of sp³-hybridized carbons (Fsp3) is 0.500. The number of carbonyl (C=O) groups excluding carboxylic acids is 3. The lowest BCUT2D eigenvalue weighted by Crippen LogP contribution is -2.49. The third-order valence-electron chi connectivity index (χ3n) is 5.93. The molecule has 37 heavy (non-hydrogen) atoms. The van der Waals surface area contributed by atoms with Crippen LogP contribution in [0.2, 0.25) is 0 Å². The molecule has 2 atom stereocenters. The Morgan fingerprint density at radius 2 is 1.78 bits per heavy atom. The number of amides is 3. The van der Waals surface area contributed by atoms with Crippen LogP contribution in [0.25, 0.3) is 0 Å². The molecule has 200 valence electrons. The molecule has 3 amide bonds. The number of nitrogens with two attached hydrogens (primary N) is 1. The number of rotatable bonds is 7. The van der Waals surface area contributed by atoms with Gasteiger partial charge in [-0.3, -0.25) is 9.59 Å². The summed E-state index contributed by atoms with van der Waals surface area (Å²) in [6.45, 7) is 7.23. The summed E-state index contributed by atoms with van der Waals surface area (Å²) in [5.74, 6) is -0.395. The lowest BCUT2D eigenvalue weighted by atomic mass is 9.90. The molecule has 0 unspecified atom stereocenters. The van der Waals surface area contributed by atoms with Crippen LogP contribution < -0.4 is 21.7 Å². The van der Waals surface area contributed by atoms with Gasteiger partial charge < -0.3 is 31.3 Å². The number of ether oxygens (including phenoxy) is 1. The van der Waals surface area contributed by atoms with Crippen LogP contribution in [0.1, 0.15) is 73.0 Å². The minimum absolute atomic E-state index is 0.0490. The molecule has 1 saturated carbocycles. The van der Waals surface area contributed by atoms with Crippen molar-refractivity contribution < 1.29 is 19.1 Å². The number of pyridine rings is 2. The number of hydrogen-bond acceptors (Lipinski definition) is 8. The fourth-order valence-corrected chi connectivity index (χ4v) is 4.22. The monoisotopic (exact) mass is 511 g/mol. The van der Waals surface area contributed by atoms with Crippen LogP contribution in [0, 0.1) is 6.92 Å². The van der Waals surface area contributed by atoms with Crippen molar-refractivity contribution in [3.05, 3.63) is 41.3 Å². The quantitative estimate of drug-likeness (QED) is 0.440. The highest BCUT2D eigenvalue weighted by molar-refractivity contribution is 5.98. The molecule has 1 aliphatic carbocycles. The number of hydrogen-bond donors (Lipinski definition) is 4. The molecule has 5 N–H and O–H groups in total.